The highest BCUT2D eigenvalue weighted by atomic mass is 16.6. The van der Waals surface area contributed by atoms with E-state index in [9.17, 15) is 0 Å². The smallest absolute Gasteiger partial charge is 0.203 e. The first kappa shape index (κ1) is 21.6. The Labute approximate surface area is 184 Å². The largest absolute Gasteiger partial charge is 0.493 e. The minimum atomic E-state index is -0.0150. The average molecular weight is 428 g/mol. The van der Waals surface area contributed by atoms with Crippen LogP contribution in [-0.4, -0.2) is 46.1 Å². The third-order valence-corrected chi connectivity index (χ3v) is 6.12. The molecule has 2 aliphatic rings. The summed E-state index contributed by atoms with van der Waals surface area (Å²) in [5, 5.41) is 3.49. The van der Waals surface area contributed by atoms with E-state index >= 15 is 0 Å². The molecule has 168 valence electrons. The highest BCUT2D eigenvalue weighted by Gasteiger charge is 2.37. The number of nitrogens with one attached hydrogen (secondary N) is 1. The number of methoxy groups -OCH3 is 2. The molecule has 2 atom stereocenters. The van der Waals surface area contributed by atoms with Crippen molar-refractivity contribution in [2.24, 2.45) is 5.92 Å². The van der Waals surface area contributed by atoms with Gasteiger partial charge in [-0.1, -0.05) is 37.5 Å². The van der Waals surface area contributed by atoms with Crippen LogP contribution in [0, 0.1) is 5.92 Å². The monoisotopic (exact) mass is 427 g/mol. The van der Waals surface area contributed by atoms with Crippen molar-refractivity contribution in [3.8, 4) is 28.7 Å². The summed E-state index contributed by atoms with van der Waals surface area (Å²) in [7, 11) is 3.26. The van der Waals surface area contributed by atoms with Gasteiger partial charge in [0.05, 0.1) is 14.2 Å². The van der Waals surface area contributed by atoms with Gasteiger partial charge < -0.3 is 29.0 Å². The van der Waals surface area contributed by atoms with Gasteiger partial charge in [0.2, 0.25) is 5.75 Å². The summed E-state index contributed by atoms with van der Waals surface area (Å²) in [4.78, 5) is 0. The molecule has 1 fully saturated rings. The number of ether oxygens (including phenoxy) is 5. The Kier molecular flexibility index (Phi) is 7.41. The third-order valence-electron chi connectivity index (χ3n) is 6.12. The molecule has 2 aromatic carbocycles. The van der Waals surface area contributed by atoms with Gasteiger partial charge in [-0.15, -0.1) is 0 Å². The second-order valence-corrected chi connectivity index (χ2v) is 8.13. The predicted octanol–water partition coefficient (Wildman–Crippen LogP) is 4.46. The second kappa shape index (κ2) is 10.6. The molecule has 1 N–H and O–H groups in total. The Morgan fingerprint density at radius 3 is 2.23 bits per heavy atom. The van der Waals surface area contributed by atoms with Crippen molar-refractivity contribution in [3.05, 3.63) is 42.5 Å². The van der Waals surface area contributed by atoms with E-state index in [0.717, 1.165) is 11.5 Å². The van der Waals surface area contributed by atoms with Gasteiger partial charge in [-0.05, 0) is 43.0 Å². The van der Waals surface area contributed by atoms with Gasteiger partial charge in [0.15, 0.2) is 23.0 Å². The van der Waals surface area contributed by atoms with Crippen LogP contribution in [0.25, 0.3) is 0 Å². The fraction of sp³-hybridized carbons (Fsp3) is 0.520. The van der Waals surface area contributed by atoms with Crippen molar-refractivity contribution < 1.29 is 23.7 Å². The van der Waals surface area contributed by atoms with Crippen molar-refractivity contribution in [3.63, 3.8) is 0 Å². The van der Waals surface area contributed by atoms with E-state index in [1.54, 1.807) is 14.2 Å². The van der Waals surface area contributed by atoms with Gasteiger partial charge in [-0.25, -0.2) is 0 Å². The van der Waals surface area contributed by atoms with Gasteiger partial charge in [-0.2, -0.15) is 0 Å². The minimum Gasteiger partial charge on any atom is -0.493 e. The molecule has 0 radical (unpaired) electrons. The Morgan fingerprint density at radius 1 is 0.871 bits per heavy atom. The summed E-state index contributed by atoms with van der Waals surface area (Å²) in [6.45, 7) is 1.89. The first-order valence-corrected chi connectivity index (χ1v) is 11.3. The Balaban J connectivity index is 1.33. The van der Waals surface area contributed by atoms with E-state index < -0.39 is 0 Å². The molecule has 0 spiro atoms. The van der Waals surface area contributed by atoms with Crippen molar-refractivity contribution in [1.82, 2.24) is 5.32 Å². The van der Waals surface area contributed by atoms with Crippen LogP contribution in [0.15, 0.2) is 42.5 Å². The van der Waals surface area contributed by atoms with Crippen LogP contribution in [0.2, 0.25) is 0 Å². The topological polar surface area (TPSA) is 58.2 Å². The summed E-state index contributed by atoms with van der Waals surface area (Å²) >= 11 is 0. The number of para-hydroxylation sites is 3. The van der Waals surface area contributed by atoms with Crippen LogP contribution in [0.5, 0.6) is 28.7 Å². The average Bonchev–Trinajstić information content (AvgIpc) is 2.83. The van der Waals surface area contributed by atoms with Crippen LogP contribution < -0.4 is 29.0 Å². The summed E-state index contributed by atoms with van der Waals surface area (Å²) < 4.78 is 29.5. The van der Waals surface area contributed by atoms with Crippen LogP contribution in [0.1, 0.15) is 32.1 Å². The van der Waals surface area contributed by atoms with E-state index in [0.29, 0.717) is 42.9 Å². The van der Waals surface area contributed by atoms with Crippen molar-refractivity contribution in [1.29, 1.82) is 0 Å². The molecule has 0 bridgehead atoms. The summed E-state index contributed by atoms with van der Waals surface area (Å²) in [6.07, 6.45) is 6.37. The maximum absolute atomic E-state index is 6.44. The molecule has 1 saturated carbocycles. The molecule has 1 aliphatic heterocycles. The summed E-state index contributed by atoms with van der Waals surface area (Å²) in [5.41, 5.74) is 0. The summed E-state index contributed by atoms with van der Waals surface area (Å²) in [6, 6.07) is 13.6. The lowest BCUT2D eigenvalue weighted by Gasteiger charge is -2.39. The highest BCUT2D eigenvalue weighted by Crippen LogP contribution is 2.39. The van der Waals surface area contributed by atoms with Crippen LogP contribution in [0.3, 0.4) is 0 Å². The number of hydrogen-bond acceptors (Lipinski definition) is 6. The zero-order valence-electron chi connectivity index (χ0n) is 18.5. The van der Waals surface area contributed by atoms with E-state index in [1.807, 2.05) is 42.5 Å². The third kappa shape index (κ3) is 5.18. The molecular formula is C25H33NO5. The van der Waals surface area contributed by atoms with Crippen LogP contribution >= 0.6 is 0 Å². The number of hydrogen-bond donors (Lipinski definition) is 1. The Morgan fingerprint density at radius 2 is 1.55 bits per heavy atom. The number of benzene rings is 2. The lowest BCUT2D eigenvalue weighted by Crippen LogP contribution is -2.50. The molecule has 6 heteroatoms. The van der Waals surface area contributed by atoms with Gasteiger partial charge in [0.25, 0.3) is 0 Å². The molecule has 0 aromatic heterocycles. The van der Waals surface area contributed by atoms with Gasteiger partial charge in [0.1, 0.15) is 18.8 Å². The number of rotatable bonds is 9. The molecule has 0 amide bonds. The molecule has 0 unspecified atom stereocenters. The molecule has 4 rings (SSSR count). The van der Waals surface area contributed by atoms with Crippen LogP contribution in [0.4, 0.5) is 0 Å². The lowest BCUT2D eigenvalue weighted by molar-refractivity contribution is -0.0223. The SMILES string of the molecule is COc1cccc(OC)c1OCCNC[C@H]1Oc2ccccc2O[C@@H]1C1CCCCC1. The van der Waals surface area contributed by atoms with Gasteiger partial charge in [0, 0.05) is 13.1 Å². The first-order valence-electron chi connectivity index (χ1n) is 11.3. The first-order chi connectivity index (χ1) is 15.3. The molecule has 2 aromatic rings. The minimum absolute atomic E-state index is 0.0150. The maximum Gasteiger partial charge on any atom is 0.203 e. The fourth-order valence-electron chi connectivity index (χ4n) is 4.55. The van der Waals surface area contributed by atoms with E-state index in [1.165, 1.54) is 32.1 Å². The Hall–Kier alpha value is -2.60. The molecule has 31 heavy (non-hydrogen) atoms. The van der Waals surface area contributed by atoms with Gasteiger partial charge >= 0.3 is 0 Å². The zero-order chi connectivity index (χ0) is 21.5. The fourth-order valence-corrected chi connectivity index (χ4v) is 4.55. The molecule has 6 nitrogen and oxygen atoms in total. The number of fused-ring (bicyclic) bond motifs is 1. The molecule has 0 saturated heterocycles. The zero-order valence-corrected chi connectivity index (χ0v) is 18.5. The van der Waals surface area contributed by atoms with Crippen molar-refractivity contribution in [2.45, 2.75) is 44.3 Å². The maximum atomic E-state index is 6.44. The second-order valence-electron chi connectivity index (χ2n) is 8.13. The van der Waals surface area contributed by atoms with Crippen molar-refractivity contribution in [2.75, 3.05) is 33.9 Å². The van der Waals surface area contributed by atoms with E-state index in [2.05, 4.69) is 5.32 Å². The van der Waals surface area contributed by atoms with Gasteiger partial charge in [-0.3, -0.25) is 0 Å². The standard InChI is InChI=1S/C25H33NO5/c1-27-21-13-8-14-22(28-2)25(21)29-16-15-26-17-23-24(18-9-4-3-5-10-18)31-20-12-7-6-11-19(20)30-23/h6-8,11-14,18,23-24,26H,3-5,9-10,15-17H2,1-2H3/t23-,24-/m1/s1. The summed E-state index contributed by atoms with van der Waals surface area (Å²) in [5.74, 6) is 4.19. The molecular weight excluding hydrogens is 394 g/mol. The van der Waals surface area contributed by atoms with Crippen LogP contribution in [-0.2, 0) is 0 Å². The quantitative estimate of drug-likeness (QED) is 0.596. The predicted molar refractivity (Wildman–Crippen MR) is 120 cm³/mol. The highest BCUT2D eigenvalue weighted by molar-refractivity contribution is 5.51. The van der Waals surface area contributed by atoms with E-state index in [-0.39, 0.29) is 12.2 Å². The van der Waals surface area contributed by atoms with Crippen molar-refractivity contribution >= 4 is 0 Å². The Bertz CT molecular complexity index is 814. The normalized spacial score (nSPS) is 20.8. The van der Waals surface area contributed by atoms with E-state index in [4.69, 9.17) is 23.7 Å². The molecule has 1 heterocycles. The lowest BCUT2D eigenvalue weighted by atomic mass is 9.82. The molecule has 1 aliphatic carbocycles.